The van der Waals surface area contributed by atoms with Gasteiger partial charge in [0.1, 0.15) is 11.3 Å². The van der Waals surface area contributed by atoms with Crippen molar-refractivity contribution in [2.24, 2.45) is 0 Å². The largest absolute Gasteiger partial charge is 0.506 e. The summed E-state index contributed by atoms with van der Waals surface area (Å²) in [4.78, 5) is 26.7. The Labute approximate surface area is 183 Å². The van der Waals surface area contributed by atoms with E-state index in [1.165, 1.54) is 23.1 Å². The Balaban J connectivity index is 2.01. The van der Waals surface area contributed by atoms with Gasteiger partial charge in [0.25, 0.3) is 11.8 Å². The van der Waals surface area contributed by atoms with E-state index in [-0.39, 0.29) is 32.0 Å². The van der Waals surface area contributed by atoms with E-state index in [9.17, 15) is 14.7 Å². The summed E-state index contributed by atoms with van der Waals surface area (Å²) in [5.74, 6) is -1.16. The number of hydrogen-bond donors (Lipinski definition) is 2. The quantitative estimate of drug-likeness (QED) is 0.390. The minimum atomic E-state index is -0.664. The van der Waals surface area contributed by atoms with Crippen LogP contribution >= 0.6 is 35.4 Å². The van der Waals surface area contributed by atoms with Crippen molar-refractivity contribution in [3.05, 3.63) is 63.1 Å². The summed E-state index contributed by atoms with van der Waals surface area (Å²) < 4.78 is 0. The average Bonchev–Trinajstić information content (AvgIpc) is 2.68. The van der Waals surface area contributed by atoms with Gasteiger partial charge in [-0.2, -0.15) is 0 Å². The first-order valence-corrected chi connectivity index (χ1v) is 10.1. The lowest BCUT2D eigenvalue weighted by atomic mass is 9.98. The minimum absolute atomic E-state index is 0.0122. The van der Waals surface area contributed by atoms with Crippen molar-refractivity contribution in [1.29, 1.82) is 0 Å². The molecule has 3 rings (SSSR count). The van der Waals surface area contributed by atoms with Gasteiger partial charge in [-0.15, -0.1) is 0 Å². The molecule has 29 heavy (non-hydrogen) atoms. The van der Waals surface area contributed by atoms with Crippen LogP contribution in [0.5, 0.6) is 5.75 Å². The molecule has 0 spiro atoms. The molecule has 5 nitrogen and oxygen atoms in total. The molecule has 0 bridgehead atoms. The van der Waals surface area contributed by atoms with Crippen LogP contribution in [0.15, 0.2) is 42.0 Å². The number of nitrogens with zero attached hydrogens (tertiary/aromatic N) is 1. The number of hydrogen-bond acceptors (Lipinski definition) is 4. The van der Waals surface area contributed by atoms with Gasteiger partial charge in [0.05, 0.1) is 10.7 Å². The SMILES string of the molecule is CC[C@@H](C)c1ccc(N2C(=O)/C(=C/c3cc(Cl)cc(Cl)c3O)C(=O)NC2=S)cc1. The Morgan fingerprint density at radius 2 is 1.86 bits per heavy atom. The fraction of sp³-hybridized carbons (Fsp3) is 0.190. The van der Waals surface area contributed by atoms with Gasteiger partial charge in [-0.05, 0) is 60.5 Å². The summed E-state index contributed by atoms with van der Waals surface area (Å²) >= 11 is 17.1. The second-order valence-electron chi connectivity index (χ2n) is 6.68. The molecule has 1 fully saturated rings. The zero-order valence-corrected chi connectivity index (χ0v) is 18.0. The number of benzene rings is 2. The van der Waals surface area contributed by atoms with Gasteiger partial charge in [-0.25, -0.2) is 0 Å². The molecule has 1 aliphatic rings. The van der Waals surface area contributed by atoms with Gasteiger partial charge in [0.15, 0.2) is 5.11 Å². The zero-order valence-electron chi connectivity index (χ0n) is 15.7. The molecular formula is C21H18Cl2N2O3S. The van der Waals surface area contributed by atoms with Crippen LogP contribution < -0.4 is 10.2 Å². The molecule has 0 aromatic heterocycles. The molecule has 2 aromatic rings. The van der Waals surface area contributed by atoms with Crippen molar-refractivity contribution >= 4 is 64.1 Å². The van der Waals surface area contributed by atoms with Gasteiger partial charge < -0.3 is 5.11 Å². The fourth-order valence-corrected chi connectivity index (χ4v) is 3.72. The lowest BCUT2D eigenvalue weighted by Gasteiger charge is -2.29. The molecular weight excluding hydrogens is 431 g/mol. The van der Waals surface area contributed by atoms with Crippen molar-refractivity contribution in [2.75, 3.05) is 4.90 Å². The van der Waals surface area contributed by atoms with E-state index in [0.717, 1.165) is 12.0 Å². The Morgan fingerprint density at radius 3 is 2.48 bits per heavy atom. The maximum Gasteiger partial charge on any atom is 0.270 e. The number of thiocarbonyl (C=S) groups is 1. The molecule has 2 N–H and O–H groups in total. The van der Waals surface area contributed by atoms with Crippen LogP contribution in [-0.2, 0) is 9.59 Å². The first-order valence-electron chi connectivity index (χ1n) is 8.92. The van der Waals surface area contributed by atoms with Crippen molar-refractivity contribution in [2.45, 2.75) is 26.2 Å². The molecule has 1 atom stereocenters. The molecule has 8 heteroatoms. The first-order chi connectivity index (χ1) is 13.7. The summed E-state index contributed by atoms with van der Waals surface area (Å²) in [6.45, 7) is 4.22. The van der Waals surface area contributed by atoms with E-state index >= 15 is 0 Å². The number of carbonyl (C=O) groups is 2. The Morgan fingerprint density at radius 1 is 1.21 bits per heavy atom. The number of halogens is 2. The molecule has 0 unspecified atom stereocenters. The number of carbonyl (C=O) groups excluding carboxylic acids is 2. The Hall–Kier alpha value is -2.41. The Bertz CT molecular complexity index is 1030. The van der Waals surface area contributed by atoms with Crippen molar-refractivity contribution in [1.82, 2.24) is 5.32 Å². The van der Waals surface area contributed by atoms with Gasteiger partial charge in [0, 0.05) is 10.6 Å². The summed E-state index contributed by atoms with van der Waals surface area (Å²) in [6, 6.07) is 10.2. The number of aromatic hydroxyl groups is 1. The second kappa shape index (κ2) is 8.53. The number of phenolic OH excluding ortho intramolecular Hbond substituents is 1. The van der Waals surface area contributed by atoms with Crippen molar-refractivity contribution < 1.29 is 14.7 Å². The van der Waals surface area contributed by atoms with Gasteiger partial charge in [0.2, 0.25) is 0 Å². The molecule has 1 aliphatic heterocycles. The number of amides is 2. The molecule has 0 radical (unpaired) electrons. The number of rotatable bonds is 4. The molecule has 0 aliphatic carbocycles. The van der Waals surface area contributed by atoms with E-state index in [0.29, 0.717) is 11.6 Å². The predicted molar refractivity (Wildman–Crippen MR) is 119 cm³/mol. The van der Waals surface area contributed by atoms with Gasteiger partial charge in [-0.1, -0.05) is 49.2 Å². The van der Waals surface area contributed by atoms with Gasteiger partial charge >= 0.3 is 0 Å². The molecule has 1 heterocycles. The minimum Gasteiger partial charge on any atom is -0.506 e. The number of phenols is 1. The normalized spacial score (nSPS) is 16.9. The Kier molecular flexibility index (Phi) is 6.27. The zero-order chi connectivity index (χ0) is 21.3. The van der Waals surface area contributed by atoms with Crippen LogP contribution in [0.25, 0.3) is 6.08 Å². The lowest BCUT2D eigenvalue weighted by molar-refractivity contribution is -0.122. The highest BCUT2D eigenvalue weighted by molar-refractivity contribution is 7.80. The molecule has 150 valence electrons. The maximum atomic E-state index is 13.1. The standard InChI is InChI=1S/C21H18Cl2N2O3S/c1-3-11(2)12-4-6-15(7-5-12)25-20(28)16(19(27)24-21(25)29)9-13-8-14(22)10-17(23)18(13)26/h4-11,26H,3H2,1-2H3,(H,24,27,29)/b16-9+/t11-/m1/s1. The van der Waals surface area contributed by atoms with Crippen LogP contribution in [0, 0.1) is 0 Å². The third-order valence-corrected chi connectivity index (χ3v) is 5.58. The first kappa shape index (κ1) is 21.3. The van der Waals surface area contributed by atoms with E-state index in [2.05, 4.69) is 19.2 Å². The van der Waals surface area contributed by atoms with E-state index in [1.54, 1.807) is 12.1 Å². The van der Waals surface area contributed by atoms with Gasteiger partial charge in [-0.3, -0.25) is 19.8 Å². The van der Waals surface area contributed by atoms with Crippen LogP contribution in [0.2, 0.25) is 10.0 Å². The summed E-state index contributed by atoms with van der Waals surface area (Å²) in [7, 11) is 0. The number of nitrogens with one attached hydrogen (secondary N) is 1. The monoisotopic (exact) mass is 448 g/mol. The fourth-order valence-electron chi connectivity index (χ4n) is 2.93. The summed E-state index contributed by atoms with van der Waals surface area (Å²) in [5, 5.41) is 12.9. The molecule has 2 aromatic carbocycles. The highest BCUT2D eigenvalue weighted by Crippen LogP contribution is 2.33. The maximum absolute atomic E-state index is 13.1. The van der Waals surface area contributed by atoms with Crippen molar-refractivity contribution in [3.8, 4) is 5.75 Å². The second-order valence-corrected chi connectivity index (χ2v) is 7.91. The van der Waals surface area contributed by atoms with Crippen LogP contribution in [0.1, 0.15) is 37.3 Å². The summed E-state index contributed by atoms with van der Waals surface area (Å²) in [5.41, 5.74) is 1.63. The third kappa shape index (κ3) is 4.29. The van der Waals surface area contributed by atoms with Crippen LogP contribution in [0.4, 0.5) is 5.69 Å². The molecule has 0 saturated carbocycles. The third-order valence-electron chi connectivity index (χ3n) is 4.79. The van der Waals surface area contributed by atoms with E-state index < -0.39 is 11.8 Å². The predicted octanol–water partition coefficient (Wildman–Crippen LogP) is 5.04. The van der Waals surface area contributed by atoms with E-state index in [4.69, 9.17) is 35.4 Å². The number of anilines is 1. The average molecular weight is 449 g/mol. The highest BCUT2D eigenvalue weighted by Gasteiger charge is 2.34. The molecule has 1 saturated heterocycles. The smallest absolute Gasteiger partial charge is 0.270 e. The van der Waals surface area contributed by atoms with Crippen molar-refractivity contribution in [3.63, 3.8) is 0 Å². The van der Waals surface area contributed by atoms with E-state index in [1.807, 2.05) is 12.1 Å². The topological polar surface area (TPSA) is 69.6 Å². The molecule has 2 amide bonds. The van der Waals surface area contributed by atoms with Crippen LogP contribution in [0.3, 0.4) is 0 Å². The lowest BCUT2D eigenvalue weighted by Crippen LogP contribution is -2.54. The van der Waals surface area contributed by atoms with Crippen LogP contribution in [-0.4, -0.2) is 22.0 Å². The summed E-state index contributed by atoms with van der Waals surface area (Å²) in [6.07, 6.45) is 2.24. The highest BCUT2D eigenvalue weighted by atomic mass is 35.5.